The second kappa shape index (κ2) is 11.1. The average molecular weight is 521 g/mol. The maximum absolute atomic E-state index is 14.3. The van der Waals surface area contributed by atoms with Crippen LogP contribution in [0.5, 0.6) is 0 Å². The van der Waals surface area contributed by atoms with E-state index in [1.807, 2.05) is 0 Å². The number of benzene rings is 2. The summed E-state index contributed by atoms with van der Waals surface area (Å²) in [5.74, 6) is 5.17. The number of piperidine rings is 1. The van der Waals surface area contributed by atoms with Crippen molar-refractivity contribution in [1.82, 2.24) is 10.6 Å². The van der Waals surface area contributed by atoms with Gasteiger partial charge in [-0.05, 0) is 67.0 Å². The Balaban J connectivity index is 1.56. The lowest BCUT2D eigenvalue weighted by Crippen LogP contribution is -2.45. The Hall–Kier alpha value is -3.36. The van der Waals surface area contributed by atoms with Crippen LogP contribution in [0, 0.1) is 11.8 Å². The van der Waals surface area contributed by atoms with Gasteiger partial charge in [0.1, 0.15) is 6.17 Å². The molecular formula is C25H24F4N4O2S. The van der Waals surface area contributed by atoms with E-state index in [1.54, 1.807) is 36.4 Å². The molecule has 190 valence electrons. The second-order valence-electron chi connectivity index (χ2n) is 8.06. The number of carbonyl (C=O) groups is 1. The lowest BCUT2D eigenvalue weighted by molar-refractivity contribution is -0.0328. The third kappa shape index (κ3) is 6.25. The van der Waals surface area contributed by atoms with E-state index in [4.69, 9.17) is 4.42 Å². The summed E-state index contributed by atoms with van der Waals surface area (Å²) >= 11 is -0.287. The van der Waals surface area contributed by atoms with Crippen LogP contribution in [0.4, 0.5) is 28.9 Å². The summed E-state index contributed by atoms with van der Waals surface area (Å²) in [6.45, 7) is 0.981. The predicted molar refractivity (Wildman–Crippen MR) is 133 cm³/mol. The van der Waals surface area contributed by atoms with Crippen LogP contribution in [0.25, 0.3) is 11.0 Å². The maximum atomic E-state index is 14.3. The van der Waals surface area contributed by atoms with Gasteiger partial charge in [-0.15, -0.1) is 0 Å². The number of nitrogens with one attached hydrogen (secondary N) is 4. The van der Waals surface area contributed by atoms with E-state index in [0.717, 1.165) is 0 Å². The summed E-state index contributed by atoms with van der Waals surface area (Å²) in [7, 11) is 1.54. The van der Waals surface area contributed by atoms with Gasteiger partial charge in [-0.1, -0.05) is 12.0 Å². The lowest BCUT2D eigenvalue weighted by atomic mass is 10.0. The van der Waals surface area contributed by atoms with Crippen molar-refractivity contribution in [2.75, 3.05) is 37.3 Å². The van der Waals surface area contributed by atoms with E-state index in [-0.39, 0.29) is 52.4 Å². The van der Waals surface area contributed by atoms with E-state index < -0.39 is 17.7 Å². The molecule has 0 aliphatic carbocycles. The molecule has 4 rings (SSSR count). The highest BCUT2D eigenvalue weighted by Crippen LogP contribution is 2.45. The highest BCUT2D eigenvalue weighted by Gasteiger charge is 2.34. The van der Waals surface area contributed by atoms with Crippen molar-refractivity contribution >= 4 is 40.0 Å². The average Bonchev–Trinajstić information content (AvgIpc) is 3.20. The minimum atomic E-state index is -4.54. The third-order valence-electron chi connectivity index (χ3n) is 5.59. The van der Waals surface area contributed by atoms with E-state index in [1.165, 1.54) is 13.1 Å². The van der Waals surface area contributed by atoms with Gasteiger partial charge in [-0.25, -0.2) is 4.39 Å². The molecule has 0 unspecified atom stereocenters. The van der Waals surface area contributed by atoms with Gasteiger partial charge in [0, 0.05) is 30.2 Å². The molecule has 2 heterocycles. The molecule has 0 saturated carbocycles. The summed E-state index contributed by atoms with van der Waals surface area (Å²) in [4.78, 5) is 11.5. The van der Waals surface area contributed by atoms with Gasteiger partial charge in [0.2, 0.25) is 0 Å². The number of halogens is 4. The summed E-state index contributed by atoms with van der Waals surface area (Å²) in [5, 5.41) is 11.9. The Morgan fingerprint density at radius 3 is 2.69 bits per heavy atom. The molecule has 1 saturated heterocycles. The van der Waals surface area contributed by atoms with Crippen molar-refractivity contribution in [2.45, 2.75) is 29.0 Å². The van der Waals surface area contributed by atoms with Crippen LogP contribution >= 0.6 is 11.8 Å². The fourth-order valence-electron chi connectivity index (χ4n) is 3.85. The number of hydrogen-bond acceptors (Lipinski definition) is 6. The largest absolute Gasteiger partial charge is 0.446 e. The van der Waals surface area contributed by atoms with Crippen molar-refractivity contribution < 1.29 is 26.8 Å². The van der Waals surface area contributed by atoms with Gasteiger partial charge in [-0.2, -0.15) is 13.2 Å². The first kappa shape index (κ1) is 25.7. The van der Waals surface area contributed by atoms with Crippen LogP contribution in [-0.2, 0) is 0 Å². The van der Waals surface area contributed by atoms with E-state index >= 15 is 0 Å². The number of fused-ring (bicyclic) bond motifs is 1. The fourth-order valence-corrected chi connectivity index (χ4v) is 4.53. The van der Waals surface area contributed by atoms with Gasteiger partial charge in [0.15, 0.2) is 11.3 Å². The topological polar surface area (TPSA) is 78.3 Å². The quantitative estimate of drug-likeness (QED) is 0.209. The summed E-state index contributed by atoms with van der Waals surface area (Å²) in [6, 6.07) is 11.0. The van der Waals surface area contributed by atoms with Gasteiger partial charge >= 0.3 is 5.51 Å². The van der Waals surface area contributed by atoms with Crippen LogP contribution in [-0.4, -0.2) is 50.3 Å². The Morgan fingerprint density at radius 1 is 1.22 bits per heavy atom. The first-order chi connectivity index (χ1) is 17.2. The minimum absolute atomic E-state index is 0.111. The van der Waals surface area contributed by atoms with Gasteiger partial charge in [-0.3, -0.25) is 4.79 Å². The van der Waals surface area contributed by atoms with Gasteiger partial charge < -0.3 is 25.7 Å². The van der Waals surface area contributed by atoms with Crippen molar-refractivity contribution in [3.63, 3.8) is 0 Å². The number of hydrogen-bond donors (Lipinski definition) is 4. The number of amides is 1. The van der Waals surface area contributed by atoms with Gasteiger partial charge in [0.05, 0.1) is 23.2 Å². The molecule has 0 spiro atoms. The third-order valence-corrected chi connectivity index (χ3v) is 6.43. The van der Waals surface area contributed by atoms with Gasteiger partial charge in [0.25, 0.3) is 5.91 Å². The number of alkyl halides is 4. The normalized spacial score (nSPS) is 17.8. The Kier molecular flexibility index (Phi) is 7.96. The molecule has 0 radical (unpaired) electrons. The van der Waals surface area contributed by atoms with Crippen LogP contribution in [0.3, 0.4) is 0 Å². The van der Waals surface area contributed by atoms with E-state index in [2.05, 4.69) is 33.1 Å². The highest BCUT2D eigenvalue weighted by atomic mass is 32.2. The molecule has 36 heavy (non-hydrogen) atoms. The second-order valence-corrected chi connectivity index (χ2v) is 9.14. The smallest absolute Gasteiger partial charge is 0.444 e. The first-order valence-electron chi connectivity index (χ1n) is 11.2. The fraction of sp³-hybridized carbons (Fsp3) is 0.320. The van der Waals surface area contributed by atoms with Crippen molar-refractivity contribution in [1.29, 1.82) is 0 Å². The highest BCUT2D eigenvalue weighted by molar-refractivity contribution is 8.00. The number of rotatable bonds is 6. The van der Waals surface area contributed by atoms with Crippen molar-refractivity contribution in [2.24, 2.45) is 0 Å². The molecule has 1 fully saturated rings. The molecule has 11 heteroatoms. The molecule has 6 nitrogen and oxygen atoms in total. The molecule has 1 amide bonds. The molecule has 2 atom stereocenters. The van der Waals surface area contributed by atoms with Crippen LogP contribution in [0.15, 0.2) is 51.8 Å². The van der Waals surface area contributed by atoms with E-state index in [0.29, 0.717) is 29.9 Å². The standard InChI is InChI=1S/C25H24F4N4O2S/c1-30-24(34)15-7-9-16(10-8-15)32-12-3-6-21-23(36-25(27,28)29)17-4-2-5-20(22(17)35-21)33-19-11-13-31-14-18(19)26/h2,4-5,7-10,18-19,31-33H,11-14H2,1H3,(H,30,34)/t18-,19+/m0/s1. The van der Waals surface area contributed by atoms with Crippen molar-refractivity contribution in [3.05, 3.63) is 53.8 Å². The molecule has 1 aliphatic heterocycles. The van der Waals surface area contributed by atoms with Crippen LogP contribution in [0.2, 0.25) is 0 Å². The number of thioether (sulfide) groups is 1. The lowest BCUT2D eigenvalue weighted by Gasteiger charge is -2.28. The summed E-state index contributed by atoms with van der Waals surface area (Å²) < 4.78 is 60.1. The summed E-state index contributed by atoms with van der Waals surface area (Å²) in [6.07, 6.45) is -0.603. The Bertz CT molecular complexity index is 1280. The van der Waals surface area contributed by atoms with Crippen LogP contribution < -0.4 is 21.3 Å². The molecule has 4 N–H and O–H groups in total. The first-order valence-corrected chi connectivity index (χ1v) is 12.0. The molecular weight excluding hydrogens is 496 g/mol. The SMILES string of the molecule is CNC(=O)c1ccc(NCC#Cc2oc3c(N[C@@H]4CCNC[C@@H]4F)cccc3c2SC(F)(F)F)cc1. The van der Waals surface area contributed by atoms with Crippen molar-refractivity contribution in [3.8, 4) is 11.8 Å². The minimum Gasteiger partial charge on any atom is -0.444 e. The predicted octanol–water partition coefficient (Wildman–Crippen LogP) is 4.98. The zero-order valence-electron chi connectivity index (χ0n) is 19.3. The molecule has 1 aliphatic rings. The molecule has 1 aromatic heterocycles. The Labute approximate surface area is 209 Å². The van der Waals surface area contributed by atoms with E-state index in [9.17, 15) is 22.4 Å². The zero-order chi connectivity index (χ0) is 25.7. The maximum Gasteiger partial charge on any atom is 0.446 e. The molecule has 0 bridgehead atoms. The van der Waals surface area contributed by atoms with Crippen LogP contribution in [0.1, 0.15) is 22.5 Å². The monoisotopic (exact) mass is 520 g/mol. The zero-order valence-corrected chi connectivity index (χ0v) is 20.1. The number of furan rings is 1. The number of para-hydroxylation sites is 1. The molecule has 2 aromatic carbocycles. The number of anilines is 2. The number of carbonyl (C=O) groups excluding carboxylic acids is 1. The molecule has 3 aromatic rings. The Morgan fingerprint density at radius 2 is 2.00 bits per heavy atom. The summed E-state index contributed by atoms with van der Waals surface area (Å²) in [5.41, 5.74) is -2.72.